The van der Waals surface area contributed by atoms with Crippen LogP contribution in [0.15, 0.2) is 30.7 Å². The van der Waals surface area contributed by atoms with Gasteiger partial charge in [-0.1, -0.05) is 13.8 Å². The Morgan fingerprint density at radius 2 is 1.82 bits per heavy atom. The largest absolute Gasteiger partial charge is 0.382 e. The third-order valence-corrected chi connectivity index (χ3v) is 6.11. The predicted molar refractivity (Wildman–Crippen MR) is 139 cm³/mol. The Labute approximate surface area is 218 Å². The smallest absolute Gasteiger partial charge is 0.279 e. The van der Waals surface area contributed by atoms with Crippen molar-refractivity contribution in [1.29, 1.82) is 0 Å². The Morgan fingerprint density at radius 3 is 2.50 bits per heavy atom. The lowest BCUT2D eigenvalue weighted by molar-refractivity contribution is -0.0222. The minimum absolute atomic E-state index is 0.0264. The zero-order chi connectivity index (χ0) is 27.3. The van der Waals surface area contributed by atoms with Crippen LogP contribution >= 0.6 is 0 Å². The SMILES string of the molecule is CCCN(CCC)c1cccnc1NC(=O)c1nc(-c2nc(N3CCC(F)(F)CC3)ncc2F)cnc1N. The fourth-order valence-corrected chi connectivity index (χ4v) is 4.21. The number of alkyl halides is 2. The number of nitrogen functional groups attached to an aromatic ring is 1. The molecule has 1 aliphatic rings. The molecule has 1 fully saturated rings. The molecular formula is C25H30F3N9O. The zero-order valence-corrected chi connectivity index (χ0v) is 21.3. The van der Waals surface area contributed by atoms with Gasteiger partial charge in [0.2, 0.25) is 5.95 Å². The molecule has 13 heteroatoms. The quantitative estimate of drug-likeness (QED) is 0.420. The molecule has 10 nitrogen and oxygen atoms in total. The average Bonchev–Trinajstić information content (AvgIpc) is 2.90. The van der Waals surface area contributed by atoms with Crippen molar-refractivity contribution in [3.63, 3.8) is 0 Å². The minimum atomic E-state index is -2.75. The predicted octanol–water partition coefficient (Wildman–Crippen LogP) is 4.16. The summed E-state index contributed by atoms with van der Waals surface area (Å²) in [5.74, 6) is -3.95. The van der Waals surface area contributed by atoms with E-state index in [0.717, 1.165) is 37.8 Å². The van der Waals surface area contributed by atoms with Crippen molar-refractivity contribution >= 4 is 29.2 Å². The van der Waals surface area contributed by atoms with Gasteiger partial charge in [0.1, 0.15) is 11.4 Å². The normalized spacial score (nSPS) is 14.8. The van der Waals surface area contributed by atoms with E-state index < -0.39 is 17.6 Å². The lowest BCUT2D eigenvalue weighted by Gasteiger charge is -2.31. The standard InChI is InChI=1S/C25H30F3N9O/c1-3-10-36(11-4-2)18-6-5-9-30-22(18)35-23(38)20-21(29)31-15-17(33-20)19-16(26)14-32-24(34-19)37-12-7-25(27,28)8-13-37/h5-6,9,14-15H,3-4,7-8,10-13H2,1-2H3,(H2,29,31)(H,30,35,38). The number of carbonyl (C=O) groups excluding carboxylic acids is 1. The van der Waals surface area contributed by atoms with Crippen LogP contribution in [0, 0.1) is 5.82 Å². The average molecular weight is 530 g/mol. The number of amides is 1. The number of hydrogen-bond acceptors (Lipinski definition) is 9. The molecule has 1 amide bonds. The fourth-order valence-electron chi connectivity index (χ4n) is 4.21. The Kier molecular flexibility index (Phi) is 8.23. The van der Waals surface area contributed by atoms with E-state index in [9.17, 15) is 18.0 Å². The van der Waals surface area contributed by atoms with Crippen molar-refractivity contribution in [1.82, 2.24) is 24.9 Å². The Hall–Kier alpha value is -4.03. The van der Waals surface area contributed by atoms with Crippen LogP contribution in [0.2, 0.25) is 0 Å². The van der Waals surface area contributed by atoms with E-state index in [0.29, 0.717) is 5.82 Å². The topological polar surface area (TPSA) is 126 Å². The maximum Gasteiger partial charge on any atom is 0.279 e. The van der Waals surface area contributed by atoms with Crippen LogP contribution in [-0.4, -0.2) is 62.9 Å². The summed E-state index contributed by atoms with van der Waals surface area (Å²) >= 11 is 0. The van der Waals surface area contributed by atoms with E-state index in [4.69, 9.17) is 5.73 Å². The first-order valence-electron chi connectivity index (χ1n) is 12.5. The molecule has 0 atom stereocenters. The maximum absolute atomic E-state index is 14.7. The van der Waals surface area contributed by atoms with Crippen LogP contribution in [0.25, 0.3) is 11.4 Å². The monoisotopic (exact) mass is 529 g/mol. The molecule has 4 rings (SSSR count). The molecule has 1 saturated heterocycles. The minimum Gasteiger partial charge on any atom is -0.382 e. The second-order valence-corrected chi connectivity index (χ2v) is 9.01. The molecule has 3 aromatic rings. The second-order valence-electron chi connectivity index (χ2n) is 9.01. The number of hydrogen-bond donors (Lipinski definition) is 2. The molecule has 3 N–H and O–H groups in total. The number of anilines is 4. The van der Waals surface area contributed by atoms with Gasteiger partial charge in [0.15, 0.2) is 23.1 Å². The second kappa shape index (κ2) is 11.6. The van der Waals surface area contributed by atoms with Gasteiger partial charge in [0, 0.05) is 45.2 Å². The van der Waals surface area contributed by atoms with Crippen molar-refractivity contribution < 1.29 is 18.0 Å². The maximum atomic E-state index is 14.7. The summed E-state index contributed by atoms with van der Waals surface area (Å²) in [6.07, 6.45) is 4.83. The van der Waals surface area contributed by atoms with Gasteiger partial charge in [0.05, 0.1) is 18.1 Å². The molecule has 1 aliphatic heterocycles. The molecule has 202 valence electrons. The van der Waals surface area contributed by atoms with Gasteiger partial charge in [-0.05, 0) is 25.0 Å². The number of halogens is 3. The van der Waals surface area contributed by atoms with E-state index in [-0.39, 0.29) is 54.8 Å². The van der Waals surface area contributed by atoms with Gasteiger partial charge in [-0.3, -0.25) is 4.79 Å². The highest BCUT2D eigenvalue weighted by molar-refractivity contribution is 6.06. The molecule has 4 heterocycles. The molecule has 0 bridgehead atoms. The van der Waals surface area contributed by atoms with Gasteiger partial charge in [-0.15, -0.1) is 0 Å². The van der Waals surface area contributed by atoms with E-state index in [1.165, 1.54) is 6.20 Å². The van der Waals surface area contributed by atoms with Gasteiger partial charge < -0.3 is 20.9 Å². The highest BCUT2D eigenvalue weighted by Crippen LogP contribution is 2.30. The Morgan fingerprint density at radius 1 is 1.11 bits per heavy atom. The number of carbonyl (C=O) groups is 1. The van der Waals surface area contributed by atoms with Crippen molar-refractivity contribution in [3.05, 3.63) is 42.2 Å². The molecule has 0 saturated carbocycles. The lowest BCUT2D eigenvalue weighted by atomic mass is 10.1. The summed E-state index contributed by atoms with van der Waals surface area (Å²) in [6, 6.07) is 3.66. The summed E-state index contributed by atoms with van der Waals surface area (Å²) < 4.78 is 41.9. The first kappa shape index (κ1) is 27.0. The molecular weight excluding hydrogens is 499 g/mol. The van der Waals surface area contributed by atoms with E-state index in [1.54, 1.807) is 17.2 Å². The highest BCUT2D eigenvalue weighted by Gasteiger charge is 2.35. The summed E-state index contributed by atoms with van der Waals surface area (Å²) in [5, 5.41) is 2.75. The first-order chi connectivity index (χ1) is 18.2. The number of pyridine rings is 1. The van der Waals surface area contributed by atoms with Crippen molar-refractivity contribution in [3.8, 4) is 11.4 Å². The molecule has 0 spiro atoms. The van der Waals surface area contributed by atoms with Crippen LogP contribution in [-0.2, 0) is 0 Å². The van der Waals surface area contributed by atoms with E-state index in [1.807, 2.05) is 6.07 Å². The lowest BCUT2D eigenvalue weighted by Crippen LogP contribution is -2.40. The summed E-state index contributed by atoms with van der Waals surface area (Å²) in [5.41, 5.74) is 6.22. The number of nitrogens with two attached hydrogens (primary N) is 1. The third kappa shape index (κ3) is 6.09. The number of rotatable bonds is 9. The molecule has 0 aliphatic carbocycles. The van der Waals surface area contributed by atoms with Crippen LogP contribution in [0.3, 0.4) is 0 Å². The molecule has 3 aromatic heterocycles. The van der Waals surface area contributed by atoms with E-state index in [2.05, 4.69) is 49.0 Å². The van der Waals surface area contributed by atoms with Gasteiger partial charge in [-0.2, -0.15) is 0 Å². The summed E-state index contributed by atoms with van der Waals surface area (Å²) in [4.78, 5) is 37.6. The van der Waals surface area contributed by atoms with Crippen LogP contribution in [0.1, 0.15) is 50.0 Å². The Balaban J connectivity index is 1.61. The summed E-state index contributed by atoms with van der Waals surface area (Å²) in [6.45, 7) is 5.75. The van der Waals surface area contributed by atoms with E-state index >= 15 is 0 Å². The molecule has 38 heavy (non-hydrogen) atoms. The van der Waals surface area contributed by atoms with Crippen molar-refractivity contribution in [2.75, 3.05) is 47.0 Å². The fraction of sp³-hybridized carbons (Fsp3) is 0.440. The Bertz CT molecular complexity index is 1270. The van der Waals surface area contributed by atoms with Crippen molar-refractivity contribution in [2.45, 2.75) is 45.5 Å². The van der Waals surface area contributed by atoms with Crippen LogP contribution in [0.4, 0.5) is 36.4 Å². The van der Waals surface area contributed by atoms with Crippen molar-refractivity contribution in [2.24, 2.45) is 0 Å². The molecule has 0 aromatic carbocycles. The first-order valence-corrected chi connectivity index (χ1v) is 12.5. The number of aromatic nitrogens is 5. The van der Waals surface area contributed by atoms with Crippen LogP contribution in [0.5, 0.6) is 0 Å². The molecule has 0 radical (unpaired) electrons. The molecule has 0 unspecified atom stereocenters. The number of piperidine rings is 1. The third-order valence-electron chi connectivity index (χ3n) is 6.11. The number of nitrogens with one attached hydrogen (secondary N) is 1. The van der Waals surface area contributed by atoms with Gasteiger partial charge in [0.25, 0.3) is 11.8 Å². The highest BCUT2D eigenvalue weighted by atomic mass is 19.3. The number of nitrogens with zero attached hydrogens (tertiary/aromatic N) is 7. The van der Waals surface area contributed by atoms with Gasteiger partial charge in [-0.25, -0.2) is 38.1 Å². The summed E-state index contributed by atoms with van der Waals surface area (Å²) in [7, 11) is 0. The van der Waals surface area contributed by atoms with Gasteiger partial charge >= 0.3 is 0 Å². The zero-order valence-electron chi connectivity index (χ0n) is 21.3. The van der Waals surface area contributed by atoms with Crippen LogP contribution < -0.4 is 20.9 Å².